The molecule has 3 aromatic heterocycles. The van der Waals surface area contributed by atoms with Gasteiger partial charge in [0.2, 0.25) is 0 Å². The first-order chi connectivity index (χ1) is 31.7. The minimum Gasteiger partial charge on any atom is -0.353 e. The van der Waals surface area contributed by atoms with Crippen molar-refractivity contribution in [2.24, 2.45) is 0 Å². The highest BCUT2D eigenvalue weighted by Crippen LogP contribution is 2.44. The maximum atomic E-state index is 12.8. The highest BCUT2D eigenvalue weighted by molar-refractivity contribution is 5.98. The Morgan fingerprint density at radius 3 is 1.45 bits per heavy atom. The molecular weight excluding hydrogens is 787 g/mol. The second kappa shape index (κ2) is 17.5. The zero-order chi connectivity index (χ0) is 43.2. The number of fused-ring (bicyclic) bond motifs is 1. The van der Waals surface area contributed by atoms with Crippen LogP contribution >= 0.6 is 0 Å². The molecular formula is C56H43N7O. The van der Waals surface area contributed by atoms with Crippen LogP contribution in [0.3, 0.4) is 0 Å². The molecule has 10 aromatic rings. The van der Waals surface area contributed by atoms with E-state index < -0.39 is 11.1 Å². The minimum atomic E-state index is -1.04. The van der Waals surface area contributed by atoms with Crippen molar-refractivity contribution in [1.82, 2.24) is 29.8 Å². The van der Waals surface area contributed by atoms with Crippen LogP contribution in [0, 0.1) is 0 Å². The molecule has 0 atom stereocenters. The summed E-state index contributed by atoms with van der Waals surface area (Å²) >= 11 is 0. The van der Waals surface area contributed by atoms with Crippen molar-refractivity contribution < 1.29 is 4.79 Å². The summed E-state index contributed by atoms with van der Waals surface area (Å²) in [7, 11) is 0. The molecule has 0 saturated heterocycles. The fraction of sp³-hybridized carbons (Fsp3) is 0.0536. The average Bonchev–Trinajstić information content (AvgIpc) is 4.02. The van der Waals surface area contributed by atoms with Crippen LogP contribution in [0.1, 0.15) is 50.1 Å². The maximum absolute atomic E-state index is 12.8. The molecule has 0 aliphatic carbocycles. The number of rotatable bonds is 14. The van der Waals surface area contributed by atoms with Crippen LogP contribution in [0.5, 0.6) is 0 Å². The summed E-state index contributed by atoms with van der Waals surface area (Å²) < 4.78 is 3.83. The van der Waals surface area contributed by atoms with Gasteiger partial charge in [-0.15, -0.1) is 5.10 Å². The first-order valence-electron chi connectivity index (χ1n) is 21.3. The Kier molecular flexibility index (Phi) is 10.8. The topological polar surface area (TPSA) is 90.5 Å². The second-order valence-electron chi connectivity index (χ2n) is 15.6. The predicted octanol–water partition coefficient (Wildman–Crippen LogP) is 10.9. The summed E-state index contributed by atoms with van der Waals surface area (Å²) in [4.78, 5) is 18.4. The Hall–Kier alpha value is -8.49. The van der Waals surface area contributed by atoms with Gasteiger partial charge in [-0.2, -0.15) is 5.10 Å². The normalized spacial score (nSPS) is 12.0. The van der Waals surface area contributed by atoms with Gasteiger partial charge in [-0.1, -0.05) is 218 Å². The van der Waals surface area contributed by atoms with Gasteiger partial charge < -0.3 is 5.32 Å². The zero-order valence-electron chi connectivity index (χ0n) is 34.9. The lowest BCUT2D eigenvalue weighted by Gasteiger charge is -2.38. The molecule has 0 unspecified atom stereocenters. The minimum absolute atomic E-state index is 0.508. The third kappa shape index (κ3) is 7.16. The summed E-state index contributed by atoms with van der Waals surface area (Å²) in [5.41, 5.74) is 8.17. The quantitative estimate of drug-likeness (QED) is 0.0667. The molecule has 0 spiro atoms. The Balaban J connectivity index is 1.28. The van der Waals surface area contributed by atoms with Crippen LogP contribution in [0.2, 0.25) is 0 Å². The molecule has 3 heterocycles. The van der Waals surface area contributed by atoms with Crippen molar-refractivity contribution in [3.05, 3.63) is 287 Å². The number of nitrogens with one attached hydrogen (secondary N) is 1. The number of pyridine rings is 1. The van der Waals surface area contributed by atoms with E-state index in [9.17, 15) is 4.79 Å². The van der Waals surface area contributed by atoms with Gasteiger partial charge in [-0.05, 0) is 56.7 Å². The van der Waals surface area contributed by atoms with Gasteiger partial charge >= 0.3 is 0 Å². The molecule has 0 bridgehead atoms. The van der Waals surface area contributed by atoms with Crippen LogP contribution in [-0.2, 0) is 22.4 Å². The third-order valence-electron chi connectivity index (χ3n) is 11.9. The lowest BCUT2D eigenvalue weighted by molar-refractivity contribution is -0.104. The molecule has 0 radical (unpaired) electrons. The van der Waals surface area contributed by atoms with E-state index in [-0.39, 0.29) is 0 Å². The molecule has 0 aliphatic heterocycles. The van der Waals surface area contributed by atoms with E-state index in [1.165, 1.54) is 0 Å². The summed E-state index contributed by atoms with van der Waals surface area (Å²) in [6.45, 7) is 0.561. The molecule has 0 fully saturated rings. The number of benzene rings is 7. The lowest BCUT2D eigenvalue weighted by Crippen LogP contribution is -2.39. The van der Waals surface area contributed by atoms with Crippen molar-refractivity contribution in [2.45, 2.75) is 17.6 Å². The molecule has 0 saturated carbocycles. The standard InChI is InChI=1S/C56H43N7O/c64-37-36-50(43-39-57-62(41-43)40-42-22-8-1-9-23-42)51-38-52(59-55(44-24-10-2-11-25-44,45-26-12-3-13-27-45)46-28-14-4-15-29-46)58-54-53(51)60-61-63(54)56(47-30-16-5-17-31-47,48-32-18-6-19-33-48)49-34-20-7-21-35-49/h1-39,41H,40H2,(H,58,59)/b50-36-. The molecule has 7 aromatic carbocycles. The Labute approximate surface area is 371 Å². The number of nitrogens with zero attached hydrogens (tertiary/aromatic N) is 6. The maximum Gasteiger partial charge on any atom is 0.182 e. The highest BCUT2D eigenvalue weighted by atomic mass is 16.1. The first-order valence-corrected chi connectivity index (χ1v) is 21.3. The van der Waals surface area contributed by atoms with Gasteiger partial charge in [0.25, 0.3) is 0 Å². The smallest absolute Gasteiger partial charge is 0.182 e. The van der Waals surface area contributed by atoms with Gasteiger partial charge in [0.05, 0.1) is 12.7 Å². The number of carbonyl (C=O) groups is 1. The lowest BCUT2D eigenvalue weighted by atomic mass is 9.77. The van der Waals surface area contributed by atoms with Crippen LogP contribution in [-0.4, -0.2) is 36.0 Å². The summed E-state index contributed by atoms with van der Waals surface area (Å²) in [5.74, 6) is 0.541. The van der Waals surface area contributed by atoms with Crippen LogP contribution in [0.25, 0.3) is 16.7 Å². The Morgan fingerprint density at radius 2 is 1.00 bits per heavy atom. The number of anilines is 1. The first kappa shape index (κ1) is 39.6. The largest absolute Gasteiger partial charge is 0.353 e. The molecule has 0 amide bonds. The van der Waals surface area contributed by atoms with Gasteiger partial charge in [0.1, 0.15) is 28.7 Å². The van der Waals surface area contributed by atoms with Gasteiger partial charge in [0.15, 0.2) is 5.65 Å². The fourth-order valence-electron chi connectivity index (χ4n) is 9.05. The van der Waals surface area contributed by atoms with E-state index in [0.717, 1.165) is 50.8 Å². The van der Waals surface area contributed by atoms with Crippen molar-refractivity contribution in [2.75, 3.05) is 5.32 Å². The Morgan fingerprint density at radius 1 is 0.562 bits per heavy atom. The summed E-state index contributed by atoms with van der Waals surface area (Å²) in [6.07, 6.45) is 6.17. The van der Waals surface area contributed by atoms with E-state index >= 15 is 0 Å². The number of hydrogen-bond acceptors (Lipinski definition) is 6. The molecule has 8 heteroatoms. The summed E-state index contributed by atoms with van der Waals surface area (Å²) in [6, 6.07) is 74.6. The SMILES string of the molecule is O=C/C=C(/c1cnn(Cc2ccccc2)c1)c1cc(NC(c2ccccc2)(c2ccccc2)c2ccccc2)nc2c1nnn2C(c1ccccc1)(c1ccccc1)c1ccccc1. The van der Waals surface area contributed by atoms with E-state index in [2.05, 4.69) is 127 Å². The van der Waals surface area contributed by atoms with Crippen molar-refractivity contribution in [3.8, 4) is 0 Å². The number of carbonyl (C=O) groups excluding carboxylic acids is 1. The fourth-order valence-corrected chi connectivity index (χ4v) is 9.05. The number of allylic oxidation sites excluding steroid dienone is 1. The van der Waals surface area contributed by atoms with Crippen LogP contribution in [0.4, 0.5) is 5.82 Å². The van der Waals surface area contributed by atoms with Crippen LogP contribution < -0.4 is 5.32 Å². The monoisotopic (exact) mass is 829 g/mol. The van der Waals surface area contributed by atoms with Gasteiger partial charge in [0, 0.05) is 17.3 Å². The van der Waals surface area contributed by atoms with Crippen molar-refractivity contribution >= 4 is 28.8 Å². The predicted molar refractivity (Wildman–Crippen MR) is 254 cm³/mol. The number of aldehydes is 1. The average molecular weight is 830 g/mol. The molecule has 0 aliphatic rings. The molecule has 10 rings (SSSR count). The highest BCUT2D eigenvalue weighted by Gasteiger charge is 2.42. The van der Waals surface area contributed by atoms with E-state index in [1.807, 2.05) is 113 Å². The third-order valence-corrected chi connectivity index (χ3v) is 11.9. The zero-order valence-corrected chi connectivity index (χ0v) is 34.9. The molecule has 1 N–H and O–H groups in total. The van der Waals surface area contributed by atoms with Crippen LogP contribution in [0.15, 0.2) is 237 Å². The van der Waals surface area contributed by atoms with Crippen molar-refractivity contribution in [3.63, 3.8) is 0 Å². The number of aromatic nitrogens is 6. The summed E-state index contributed by atoms with van der Waals surface area (Å²) in [5, 5.41) is 18.9. The van der Waals surface area contributed by atoms with E-state index in [1.54, 1.807) is 12.3 Å². The number of hydrogen-bond donors (Lipinski definition) is 1. The molecule has 8 nitrogen and oxygen atoms in total. The van der Waals surface area contributed by atoms with Gasteiger partial charge in [-0.3, -0.25) is 9.48 Å². The van der Waals surface area contributed by atoms with Crippen molar-refractivity contribution in [1.29, 1.82) is 0 Å². The molecule has 64 heavy (non-hydrogen) atoms. The Bertz CT molecular complexity index is 2960. The van der Waals surface area contributed by atoms with E-state index in [4.69, 9.17) is 20.4 Å². The van der Waals surface area contributed by atoms with Gasteiger partial charge in [-0.25, -0.2) is 9.67 Å². The second-order valence-corrected chi connectivity index (χ2v) is 15.6. The van der Waals surface area contributed by atoms with E-state index in [0.29, 0.717) is 34.7 Å². The molecule has 308 valence electrons.